The van der Waals surface area contributed by atoms with Crippen molar-refractivity contribution in [1.29, 1.82) is 0 Å². The van der Waals surface area contributed by atoms with Crippen LogP contribution in [0.15, 0.2) is 42.5 Å². The average Bonchev–Trinajstić information content (AvgIpc) is 2.86. The summed E-state index contributed by atoms with van der Waals surface area (Å²) in [5.74, 6) is -2.82. The largest absolute Gasteiger partial charge is 0.485 e. The lowest BCUT2D eigenvalue weighted by molar-refractivity contribution is -0.147. The Bertz CT molecular complexity index is 1100. The van der Waals surface area contributed by atoms with Gasteiger partial charge < -0.3 is 24.6 Å². The Kier molecular flexibility index (Phi) is 7.18. The number of ether oxygens (including phenoxy) is 2. The van der Waals surface area contributed by atoms with E-state index in [1.54, 1.807) is 41.8 Å². The van der Waals surface area contributed by atoms with Gasteiger partial charge in [-0.15, -0.1) is 0 Å². The van der Waals surface area contributed by atoms with Crippen LogP contribution in [-0.4, -0.2) is 72.5 Å². The molecule has 35 heavy (non-hydrogen) atoms. The quantitative estimate of drug-likeness (QED) is 0.699. The number of amides is 3. The molecule has 2 aliphatic rings. The zero-order chi connectivity index (χ0) is 25.1. The summed E-state index contributed by atoms with van der Waals surface area (Å²) in [7, 11) is 0. The van der Waals surface area contributed by atoms with Crippen molar-refractivity contribution in [3.63, 3.8) is 0 Å². The highest BCUT2D eigenvalue weighted by Crippen LogP contribution is 2.31. The SMILES string of the molecule is CC(C)[C@H](NC(=O)c1c(F)cccc1F)C(=O)N1CCN(C(=O)[C@H]2COc3ccccc3O2)CC1. The second-order valence-corrected chi connectivity index (χ2v) is 8.81. The van der Waals surface area contributed by atoms with Crippen molar-refractivity contribution in [3.8, 4) is 11.5 Å². The minimum absolute atomic E-state index is 0.100. The van der Waals surface area contributed by atoms with Crippen LogP contribution in [0.2, 0.25) is 0 Å². The van der Waals surface area contributed by atoms with E-state index in [0.29, 0.717) is 11.5 Å². The average molecular weight is 488 g/mol. The van der Waals surface area contributed by atoms with Crippen molar-refractivity contribution >= 4 is 17.7 Å². The minimum Gasteiger partial charge on any atom is -0.485 e. The van der Waals surface area contributed by atoms with E-state index in [9.17, 15) is 23.2 Å². The molecule has 4 rings (SSSR count). The van der Waals surface area contributed by atoms with Gasteiger partial charge in [-0.05, 0) is 30.2 Å². The molecule has 2 aromatic carbocycles. The van der Waals surface area contributed by atoms with Gasteiger partial charge in [-0.3, -0.25) is 14.4 Å². The van der Waals surface area contributed by atoms with Crippen LogP contribution in [0.3, 0.4) is 0 Å². The van der Waals surface area contributed by atoms with E-state index in [1.165, 1.54) is 0 Å². The van der Waals surface area contributed by atoms with E-state index in [4.69, 9.17) is 9.47 Å². The molecule has 0 spiro atoms. The number of nitrogens with zero attached hydrogens (tertiary/aromatic N) is 2. The molecule has 0 aromatic heterocycles. The Morgan fingerprint density at radius 3 is 2.14 bits per heavy atom. The molecule has 3 amide bonds. The number of para-hydroxylation sites is 2. The zero-order valence-electron chi connectivity index (χ0n) is 19.5. The Balaban J connectivity index is 1.35. The normalized spacial score (nSPS) is 18.3. The van der Waals surface area contributed by atoms with Gasteiger partial charge in [-0.25, -0.2) is 8.78 Å². The number of hydrogen-bond acceptors (Lipinski definition) is 5. The molecule has 0 unspecified atom stereocenters. The monoisotopic (exact) mass is 487 g/mol. The van der Waals surface area contributed by atoms with Crippen LogP contribution < -0.4 is 14.8 Å². The highest BCUT2D eigenvalue weighted by atomic mass is 19.1. The number of carbonyl (C=O) groups excluding carboxylic acids is 3. The molecule has 0 saturated carbocycles. The van der Waals surface area contributed by atoms with Crippen molar-refractivity contribution in [2.75, 3.05) is 32.8 Å². The van der Waals surface area contributed by atoms with Gasteiger partial charge in [0.25, 0.3) is 11.8 Å². The molecule has 0 radical (unpaired) electrons. The molecular weight excluding hydrogens is 460 g/mol. The van der Waals surface area contributed by atoms with Crippen LogP contribution in [-0.2, 0) is 9.59 Å². The van der Waals surface area contributed by atoms with Crippen LogP contribution in [0, 0.1) is 17.6 Å². The highest BCUT2D eigenvalue weighted by molar-refractivity contribution is 5.98. The molecule has 2 aromatic rings. The molecule has 0 aliphatic carbocycles. The number of hydrogen-bond donors (Lipinski definition) is 1. The third-order valence-electron chi connectivity index (χ3n) is 6.10. The molecule has 10 heteroatoms. The van der Waals surface area contributed by atoms with Crippen LogP contribution in [0.1, 0.15) is 24.2 Å². The maximum Gasteiger partial charge on any atom is 0.267 e. The summed E-state index contributed by atoms with van der Waals surface area (Å²) in [6.45, 7) is 4.64. The first-order chi connectivity index (χ1) is 16.8. The van der Waals surface area contributed by atoms with Gasteiger partial charge in [0.1, 0.15) is 29.8 Å². The number of halogens is 2. The third kappa shape index (κ3) is 5.21. The summed E-state index contributed by atoms with van der Waals surface area (Å²) in [5, 5.41) is 2.48. The van der Waals surface area contributed by atoms with Crippen LogP contribution in [0.5, 0.6) is 11.5 Å². The zero-order valence-corrected chi connectivity index (χ0v) is 19.5. The lowest BCUT2D eigenvalue weighted by atomic mass is 10.0. The Labute approximate surface area is 201 Å². The molecule has 2 atom stereocenters. The number of piperazine rings is 1. The molecule has 1 N–H and O–H groups in total. The number of nitrogens with one attached hydrogen (secondary N) is 1. The number of fused-ring (bicyclic) bond motifs is 1. The number of rotatable bonds is 5. The van der Waals surface area contributed by atoms with E-state index in [1.807, 2.05) is 6.07 Å². The Morgan fingerprint density at radius 1 is 0.914 bits per heavy atom. The molecule has 8 nitrogen and oxygen atoms in total. The van der Waals surface area contributed by atoms with Gasteiger partial charge >= 0.3 is 0 Å². The topological polar surface area (TPSA) is 88.2 Å². The first-order valence-electron chi connectivity index (χ1n) is 11.5. The maximum atomic E-state index is 14.0. The fraction of sp³-hybridized carbons (Fsp3) is 0.400. The first kappa shape index (κ1) is 24.4. The Hall–Kier alpha value is -3.69. The van der Waals surface area contributed by atoms with Crippen LogP contribution in [0.25, 0.3) is 0 Å². The molecule has 2 heterocycles. The molecule has 0 bridgehead atoms. The van der Waals surface area contributed by atoms with Gasteiger partial charge in [0.2, 0.25) is 12.0 Å². The van der Waals surface area contributed by atoms with Crippen molar-refractivity contribution in [2.45, 2.75) is 26.0 Å². The summed E-state index contributed by atoms with van der Waals surface area (Å²) in [4.78, 5) is 41.8. The molecule has 1 fully saturated rings. The maximum absolute atomic E-state index is 14.0. The van der Waals surface area contributed by atoms with Crippen molar-refractivity contribution in [3.05, 3.63) is 59.7 Å². The van der Waals surface area contributed by atoms with E-state index >= 15 is 0 Å². The van der Waals surface area contributed by atoms with Gasteiger partial charge in [-0.1, -0.05) is 32.0 Å². The summed E-state index contributed by atoms with van der Waals surface area (Å²) >= 11 is 0. The van der Waals surface area contributed by atoms with E-state index in [0.717, 1.165) is 18.2 Å². The standard InChI is InChI=1S/C25H27F2N3O5/c1-15(2)22(28-23(31)21-16(26)6-5-7-17(21)27)25(33)30-12-10-29(11-13-30)24(32)20-14-34-18-8-3-4-9-19(18)35-20/h3-9,15,20,22H,10-14H2,1-2H3,(H,28,31)/t20-,22+/m1/s1. The van der Waals surface area contributed by atoms with Gasteiger partial charge in [0.15, 0.2) is 11.5 Å². The van der Waals surface area contributed by atoms with Crippen molar-refractivity contribution in [1.82, 2.24) is 15.1 Å². The summed E-state index contributed by atoms with van der Waals surface area (Å²) < 4.78 is 39.4. The second-order valence-electron chi connectivity index (χ2n) is 8.81. The smallest absolute Gasteiger partial charge is 0.267 e. The first-order valence-corrected chi connectivity index (χ1v) is 11.5. The van der Waals surface area contributed by atoms with E-state index in [2.05, 4.69) is 5.32 Å². The van der Waals surface area contributed by atoms with Gasteiger partial charge in [0, 0.05) is 26.2 Å². The number of carbonyl (C=O) groups is 3. The Morgan fingerprint density at radius 2 is 1.51 bits per heavy atom. The van der Waals surface area contributed by atoms with Crippen molar-refractivity contribution < 1.29 is 32.6 Å². The highest BCUT2D eigenvalue weighted by Gasteiger charge is 2.36. The molecule has 2 aliphatic heterocycles. The second kappa shape index (κ2) is 10.3. The molecule has 186 valence electrons. The van der Waals surface area contributed by atoms with Gasteiger partial charge in [0.05, 0.1) is 0 Å². The van der Waals surface area contributed by atoms with E-state index < -0.39 is 35.3 Å². The predicted octanol–water partition coefficient (Wildman–Crippen LogP) is 2.23. The number of benzene rings is 2. The summed E-state index contributed by atoms with van der Waals surface area (Å²) in [5.41, 5.74) is -0.724. The lowest BCUT2D eigenvalue weighted by Crippen LogP contribution is -2.59. The fourth-order valence-electron chi connectivity index (χ4n) is 4.13. The summed E-state index contributed by atoms with van der Waals surface area (Å²) in [6, 6.07) is 9.28. The third-order valence-corrected chi connectivity index (χ3v) is 6.10. The minimum atomic E-state index is -0.999. The predicted molar refractivity (Wildman–Crippen MR) is 122 cm³/mol. The summed E-state index contributed by atoms with van der Waals surface area (Å²) in [6.07, 6.45) is -0.773. The lowest BCUT2D eigenvalue weighted by Gasteiger charge is -2.38. The van der Waals surface area contributed by atoms with E-state index in [-0.39, 0.29) is 50.5 Å². The van der Waals surface area contributed by atoms with Crippen LogP contribution in [0.4, 0.5) is 8.78 Å². The molecule has 1 saturated heterocycles. The molecular formula is C25H27F2N3O5. The van der Waals surface area contributed by atoms with Crippen molar-refractivity contribution in [2.24, 2.45) is 5.92 Å². The fourth-order valence-corrected chi connectivity index (χ4v) is 4.13. The van der Waals surface area contributed by atoms with Crippen LogP contribution >= 0.6 is 0 Å². The van der Waals surface area contributed by atoms with Gasteiger partial charge in [-0.2, -0.15) is 0 Å².